The molecule has 0 spiro atoms. The second kappa shape index (κ2) is 12.8. The number of nitrogens with one attached hydrogen (secondary N) is 2. The molecule has 0 unspecified atom stereocenters. The summed E-state index contributed by atoms with van der Waals surface area (Å²) in [5.41, 5.74) is 0.454. The zero-order valence-electron chi connectivity index (χ0n) is 18.3. The predicted octanol–water partition coefficient (Wildman–Crippen LogP) is 3.75. The van der Waals surface area contributed by atoms with Crippen LogP contribution in [0.5, 0.6) is 0 Å². The molecule has 0 aromatic carbocycles. The van der Waals surface area contributed by atoms with Crippen LogP contribution >= 0.6 is 23.5 Å². The maximum atomic E-state index is 11.2. The van der Waals surface area contributed by atoms with E-state index >= 15 is 0 Å². The summed E-state index contributed by atoms with van der Waals surface area (Å²) < 4.78 is 17.8. The highest BCUT2D eigenvalue weighted by Crippen LogP contribution is 2.38. The van der Waals surface area contributed by atoms with Crippen LogP contribution in [0.4, 0.5) is 0 Å². The summed E-state index contributed by atoms with van der Waals surface area (Å²) in [6.07, 6.45) is 8.98. The van der Waals surface area contributed by atoms with E-state index in [-0.39, 0.29) is 17.4 Å². The molecule has 1 aliphatic heterocycles. The number of thioether (sulfide) groups is 2. The van der Waals surface area contributed by atoms with Crippen molar-refractivity contribution in [1.29, 1.82) is 5.41 Å². The second-order valence-corrected chi connectivity index (χ2v) is 8.70. The smallest absolute Gasteiger partial charge is 0.212 e. The lowest BCUT2D eigenvalue weighted by Gasteiger charge is -2.21. The van der Waals surface area contributed by atoms with Crippen molar-refractivity contribution in [3.63, 3.8) is 0 Å². The lowest BCUT2D eigenvalue weighted by Crippen LogP contribution is -2.30. The number of aliphatic imine (C=N–C) groups is 1. The zero-order valence-corrected chi connectivity index (χ0v) is 19.9. The molecule has 3 atom stereocenters. The molecule has 10 heteroatoms. The molecule has 0 bridgehead atoms. The first kappa shape index (κ1) is 25.4. The van der Waals surface area contributed by atoms with E-state index in [1.807, 2.05) is 6.26 Å². The third-order valence-corrected chi connectivity index (χ3v) is 5.93. The van der Waals surface area contributed by atoms with Crippen molar-refractivity contribution in [3.05, 3.63) is 17.7 Å². The van der Waals surface area contributed by atoms with E-state index in [1.54, 1.807) is 12.5 Å². The topological polar surface area (TPSA) is 113 Å². The Hall–Kier alpha value is -0.910. The first-order valence-electron chi connectivity index (χ1n) is 10.4. The Bertz CT molecular complexity index is 700. The average Bonchev–Trinajstić information content (AvgIpc) is 3.35. The van der Waals surface area contributed by atoms with Gasteiger partial charge in [-0.05, 0) is 25.4 Å². The van der Waals surface area contributed by atoms with Crippen molar-refractivity contribution < 1.29 is 19.3 Å². The van der Waals surface area contributed by atoms with Crippen molar-refractivity contribution in [2.75, 3.05) is 32.3 Å². The number of rotatable bonds is 11. The normalized spacial score (nSPS) is 24.5. The average molecular weight is 459 g/mol. The Kier molecular flexibility index (Phi) is 10.8. The lowest BCUT2D eigenvalue weighted by molar-refractivity contribution is -0.212. The van der Waals surface area contributed by atoms with Crippen LogP contribution in [-0.4, -0.2) is 69.8 Å². The number of aliphatic hydroxyl groups is 1. The van der Waals surface area contributed by atoms with Gasteiger partial charge in [-0.3, -0.25) is 5.41 Å². The molecule has 2 rings (SSSR count). The quantitative estimate of drug-likeness (QED) is 0.263. The number of hydrogen-bond donors (Lipinski definition) is 3. The molecule has 1 aromatic heterocycles. The largest absolute Gasteiger partial charge is 0.379 e. The van der Waals surface area contributed by atoms with Crippen LogP contribution in [0.2, 0.25) is 0 Å². The van der Waals surface area contributed by atoms with Gasteiger partial charge in [-0.15, -0.1) is 11.8 Å². The van der Waals surface area contributed by atoms with E-state index in [0.717, 1.165) is 25.7 Å². The van der Waals surface area contributed by atoms with Gasteiger partial charge in [0.05, 0.1) is 24.6 Å². The highest BCUT2D eigenvalue weighted by molar-refractivity contribution is 8.15. The molecule has 1 saturated heterocycles. The molecule has 1 aliphatic rings. The number of aromatic nitrogens is 2. The van der Waals surface area contributed by atoms with Gasteiger partial charge >= 0.3 is 0 Å². The third-order valence-electron chi connectivity index (χ3n) is 4.78. The Morgan fingerprint density at radius 1 is 1.33 bits per heavy atom. The van der Waals surface area contributed by atoms with Crippen LogP contribution in [0.15, 0.2) is 11.2 Å². The van der Waals surface area contributed by atoms with Gasteiger partial charge in [0.1, 0.15) is 11.1 Å². The summed E-state index contributed by atoms with van der Waals surface area (Å²) in [6, 6.07) is 0. The first-order chi connectivity index (χ1) is 14.5. The van der Waals surface area contributed by atoms with E-state index in [1.165, 1.54) is 23.5 Å². The van der Waals surface area contributed by atoms with Crippen molar-refractivity contribution in [1.82, 2.24) is 9.97 Å². The summed E-state index contributed by atoms with van der Waals surface area (Å²) >= 11 is 2.64. The van der Waals surface area contributed by atoms with Gasteiger partial charge in [-0.2, -0.15) is 0 Å². The number of imidazole rings is 1. The molecule has 0 amide bonds. The third kappa shape index (κ3) is 7.06. The van der Waals surface area contributed by atoms with Crippen molar-refractivity contribution in [2.24, 2.45) is 4.99 Å². The molecule has 2 heterocycles. The van der Waals surface area contributed by atoms with Gasteiger partial charge in [-0.25, -0.2) is 9.98 Å². The molecular formula is C20H34N4O4S2. The van der Waals surface area contributed by atoms with Gasteiger partial charge in [0.2, 0.25) is 5.79 Å². The highest BCUT2D eigenvalue weighted by atomic mass is 32.2. The van der Waals surface area contributed by atoms with E-state index in [0.29, 0.717) is 42.8 Å². The Labute approximate surface area is 187 Å². The molecule has 8 nitrogen and oxygen atoms in total. The SMILES string of the molecule is CCCCOC[C@H]1O[C@@](O)(c2cnc(C(=NC(=N)SC)SC)[nH]2)C[C@@H]1OCCCC. The van der Waals surface area contributed by atoms with Gasteiger partial charge in [-0.1, -0.05) is 38.5 Å². The number of unbranched alkanes of at least 4 members (excludes halogenated alkanes) is 2. The van der Waals surface area contributed by atoms with E-state index in [9.17, 15) is 5.11 Å². The van der Waals surface area contributed by atoms with Crippen LogP contribution in [0.3, 0.4) is 0 Å². The van der Waals surface area contributed by atoms with Crippen LogP contribution in [0, 0.1) is 5.41 Å². The summed E-state index contributed by atoms with van der Waals surface area (Å²) in [7, 11) is 0. The molecule has 0 saturated carbocycles. The lowest BCUT2D eigenvalue weighted by atomic mass is 10.1. The van der Waals surface area contributed by atoms with Crippen molar-refractivity contribution in [2.45, 2.75) is 63.9 Å². The minimum absolute atomic E-state index is 0.196. The van der Waals surface area contributed by atoms with E-state index < -0.39 is 5.79 Å². The minimum Gasteiger partial charge on any atom is -0.379 e. The summed E-state index contributed by atoms with van der Waals surface area (Å²) in [5, 5.41) is 19.8. The maximum Gasteiger partial charge on any atom is 0.212 e. The first-order valence-corrected chi connectivity index (χ1v) is 12.8. The fourth-order valence-electron chi connectivity index (χ4n) is 3.05. The monoisotopic (exact) mass is 458 g/mol. The van der Waals surface area contributed by atoms with E-state index in [4.69, 9.17) is 19.6 Å². The van der Waals surface area contributed by atoms with Crippen LogP contribution < -0.4 is 0 Å². The maximum absolute atomic E-state index is 11.2. The van der Waals surface area contributed by atoms with E-state index in [2.05, 4.69) is 28.8 Å². The fourth-order valence-corrected chi connectivity index (χ4v) is 3.77. The molecule has 0 radical (unpaired) electrons. The fraction of sp³-hybridized carbons (Fsp3) is 0.750. The highest BCUT2D eigenvalue weighted by Gasteiger charge is 2.48. The second-order valence-electron chi connectivity index (χ2n) is 7.11. The van der Waals surface area contributed by atoms with Crippen molar-refractivity contribution in [3.8, 4) is 0 Å². The molecule has 1 aromatic rings. The summed E-state index contributed by atoms with van der Waals surface area (Å²) in [5.74, 6) is -1.03. The summed E-state index contributed by atoms with van der Waals surface area (Å²) in [6.45, 7) is 5.90. The van der Waals surface area contributed by atoms with Crippen molar-refractivity contribution >= 4 is 33.7 Å². The van der Waals surface area contributed by atoms with Crippen LogP contribution in [-0.2, 0) is 20.0 Å². The number of nitrogens with zero attached hydrogens (tertiary/aromatic N) is 2. The Balaban J connectivity index is 2.13. The number of aromatic amines is 1. The van der Waals surface area contributed by atoms with Gasteiger partial charge in [0.15, 0.2) is 11.0 Å². The number of H-pyrrole nitrogens is 1. The van der Waals surface area contributed by atoms with Crippen LogP contribution in [0.25, 0.3) is 0 Å². The molecule has 0 aliphatic carbocycles. The minimum atomic E-state index is -1.53. The van der Waals surface area contributed by atoms with Crippen LogP contribution in [0.1, 0.15) is 57.5 Å². The Morgan fingerprint density at radius 3 is 2.73 bits per heavy atom. The molecule has 30 heavy (non-hydrogen) atoms. The predicted molar refractivity (Wildman–Crippen MR) is 124 cm³/mol. The summed E-state index contributed by atoms with van der Waals surface area (Å²) in [4.78, 5) is 11.7. The molecule has 3 N–H and O–H groups in total. The Morgan fingerprint density at radius 2 is 2.07 bits per heavy atom. The standard InChI is InChI=1S/C20H34N4O4S2/c1-5-7-9-26-13-15-14(27-10-8-6-2)11-20(25,28-15)16-12-22-17(23-16)18(29-3)24-19(21)30-4/h12,14-15,21,25H,5-11,13H2,1-4H3,(H,22,23)/t14-,15+,20+/m0/s1. The number of ether oxygens (including phenoxy) is 3. The molecule has 1 fully saturated rings. The van der Waals surface area contributed by atoms with Gasteiger partial charge in [0, 0.05) is 19.6 Å². The molecule has 170 valence electrons. The van der Waals surface area contributed by atoms with Gasteiger partial charge in [0.25, 0.3) is 0 Å². The zero-order chi connectivity index (χ0) is 22.0. The number of amidine groups is 1. The number of hydrogen-bond acceptors (Lipinski definition) is 8. The van der Waals surface area contributed by atoms with Gasteiger partial charge < -0.3 is 24.3 Å². The molecular weight excluding hydrogens is 424 g/mol.